The normalized spacial score (nSPS) is 23.7. The summed E-state index contributed by atoms with van der Waals surface area (Å²) in [5, 5.41) is 3.70. The second-order valence-electron chi connectivity index (χ2n) is 7.62. The van der Waals surface area contributed by atoms with Crippen LogP contribution in [0.2, 0.25) is 12.6 Å². The fourth-order valence-corrected chi connectivity index (χ4v) is 4.92. The van der Waals surface area contributed by atoms with Gasteiger partial charge in [-0.15, -0.1) is 0 Å². The molecule has 120 valence electrons. The van der Waals surface area contributed by atoms with Gasteiger partial charge in [-0.3, -0.25) is 0 Å². The molecule has 0 radical (unpaired) electrons. The Kier molecular flexibility index (Phi) is 7.19. The van der Waals surface area contributed by atoms with E-state index < -0.39 is 9.04 Å². The molecule has 1 atom stereocenters. The largest absolute Gasteiger partial charge is 0.420 e. The van der Waals surface area contributed by atoms with Gasteiger partial charge < -0.3 is 14.5 Å². The van der Waals surface area contributed by atoms with Crippen LogP contribution in [0.1, 0.15) is 60.3 Å². The summed E-state index contributed by atoms with van der Waals surface area (Å²) in [6, 6.07) is 1.23. The van der Waals surface area contributed by atoms with Crippen molar-refractivity contribution in [2.24, 2.45) is 0 Å². The van der Waals surface area contributed by atoms with Gasteiger partial charge >= 0.3 is 0 Å². The first-order valence-electron chi connectivity index (χ1n) is 8.27. The van der Waals surface area contributed by atoms with Crippen LogP contribution in [0.4, 0.5) is 0 Å². The van der Waals surface area contributed by atoms with E-state index in [2.05, 4.69) is 46.5 Å². The van der Waals surface area contributed by atoms with Crippen molar-refractivity contribution in [2.45, 2.75) is 90.1 Å². The molecule has 1 rings (SSSR count). The van der Waals surface area contributed by atoms with E-state index in [0.717, 1.165) is 38.9 Å². The standard InChI is InChI=1S/C16H35NO2Si/c1-7-9-19-20(6)11-8-10-18-14-12-15(2,3)17-16(4,5)13-14/h14,17,20H,7-13H2,1-6H3. The fraction of sp³-hybridized carbons (Fsp3) is 1.00. The summed E-state index contributed by atoms with van der Waals surface area (Å²) in [6.07, 6.45) is 4.90. The van der Waals surface area contributed by atoms with E-state index in [4.69, 9.17) is 9.16 Å². The molecule has 0 spiro atoms. The van der Waals surface area contributed by atoms with Crippen molar-refractivity contribution in [3.63, 3.8) is 0 Å². The van der Waals surface area contributed by atoms with Crippen molar-refractivity contribution in [2.75, 3.05) is 13.2 Å². The zero-order valence-electron chi connectivity index (χ0n) is 14.4. The highest BCUT2D eigenvalue weighted by Gasteiger charge is 2.37. The Morgan fingerprint density at radius 3 is 2.25 bits per heavy atom. The van der Waals surface area contributed by atoms with Crippen LogP contribution in [0.25, 0.3) is 0 Å². The minimum absolute atomic E-state index is 0.179. The molecule has 1 unspecified atom stereocenters. The number of nitrogens with one attached hydrogen (secondary N) is 1. The summed E-state index contributed by atoms with van der Waals surface area (Å²) >= 11 is 0. The van der Waals surface area contributed by atoms with E-state index in [1.165, 1.54) is 6.04 Å². The first-order chi connectivity index (χ1) is 9.24. The van der Waals surface area contributed by atoms with Gasteiger partial charge in [0.1, 0.15) is 0 Å². The average Bonchev–Trinajstić information content (AvgIpc) is 2.28. The van der Waals surface area contributed by atoms with Crippen LogP contribution in [-0.2, 0) is 9.16 Å². The van der Waals surface area contributed by atoms with E-state index in [0.29, 0.717) is 6.10 Å². The summed E-state index contributed by atoms with van der Waals surface area (Å²) < 4.78 is 12.0. The van der Waals surface area contributed by atoms with Crippen LogP contribution in [-0.4, -0.2) is 39.4 Å². The van der Waals surface area contributed by atoms with Gasteiger partial charge in [-0.2, -0.15) is 0 Å². The van der Waals surface area contributed by atoms with Gasteiger partial charge in [0, 0.05) is 24.3 Å². The van der Waals surface area contributed by atoms with Crippen LogP contribution in [0.3, 0.4) is 0 Å². The smallest absolute Gasteiger partial charge is 0.173 e. The minimum Gasteiger partial charge on any atom is -0.420 e. The third kappa shape index (κ3) is 7.20. The van der Waals surface area contributed by atoms with Crippen LogP contribution >= 0.6 is 0 Å². The third-order valence-electron chi connectivity index (χ3n) is 3.87. The van der Waals surface area contributed by atoms with Gasteiger partial charge in [0.25, 0.3) is 0 Å². The van der Waals surface area contributed by atoms with Gasteiger partial charge in [0.2, 0.25) is 0 Å². The van der Waals surface area contributed by atoms with E-state index >= 15 is 0 Å². The van der Waals surface area contributed by atoms with Crippen molar-refractivity contribution in [3.8, 4) is 0 Å². The molecular weight excluding hydrogens is 266 g/mol. The van der Waals surface area contributed by atoms with Crippen LogP contribution in [0, 0.1) is 0 Å². The molecule has 0 bridgehead atoms. The number of piperidine rings is 1. The highest BCUT2D eigenvalue weighted by atomic mass is 28.3. The van der Waals surface area contributed by atoms with E-state index in [1.807, 2.05) is 0 Å². The quantitative estimate of drug-likeness (QED) is 0.550. The van der Waals surface area contributed by atoms with Crippen LogP contribution in [0.5, 0.6) is 0 Å². The molecule has 1 fully saturated rings. The molecule has 0 aromatic carbocycles. The number of rotatable bonds is 8. The maximum atomic E-state index is 6.14. The van der Waals surface area contributed by atoms with Crippen LogP contribution in [0.15, 0.2) is 0 Å². The molecular formula is C16H35NO2Si. The zero-order chi connectivity index (χ0) is 15.2. The van der Waals surface area contributed by atoms with Gasteiger partial charge in [-0.25, -0.2) is 0 Å². The monoisotopic (exact) mass is 301 g/mol. The van der Waals surface area contributed by atoms with Crippen molar-refractivity contribution in [1.82, 2.24) is 5.32 Å². The maximum absolute atomic E-state index is 6.14. The van der Waals surface area contributed by atoms with E-state index in [-0.39, 0.29) is 11.1 Å². The molecule has 1 heterocycles. The molecule has 0 aliphatic carbocycles. The first kappa shape index (κ1) is 18.1. The Labute approximate surface area is 127 Å². The number of ether oxygens (including phenoxy) is 1. The fourth-order valence-electron chi connectivity index (χ4n) is 3.37. The highest BCUT2D eigenvalue weighted by molar-refractivity contribution is 6.50. The minimum atomic E-state index is -0.939. The van der Waals surface area contributed by atoms with Crippen LogP contribution < -0.4 is 5.32 Å². The molecule has 0 aromatic rings. The number of hydrogen-bond acceptors (Lipinski definition) is 3. The summed E-state index contributed by atoms with van der Waals surface area (Å²) in [7, 11) is -0.939. The Balaban J connectivity index is 2.21. The predicted molar refractivity (Wildman–Crippen MR) is 88.9 cm³/mol. The summed E-state index contributed by atoms with van der Waals surface area (Å²) in [5.41, 5.74) is 0.359. The van der Waals surface area contributed by atoms with Gasteiger partial charge in [-0.1, -0.05) is 6.92 Å². The molecule has 4 heteroatoms. The molecule has 1 N–H and O–H groups in total. The summed E-state index contributed by atoms with van der Waals surface area (Å²) in [4.78, 5) is 0. The Hall–Kier alpha value is 0.0969. The third-order valence-corrected chi connectivity index (χ3v) is 5.89. The van der Waals surface area contributed by atoms with E-state index in [9.17, 15) is 0 Å². The molecule has 1 saturated heterocycles. The lowest BCUT2D eigenvalue weighted by Gasteiger charge is -2.46. The second-order valence-corrected chi connectivity index (χ2v) is 10.1. The van der Waals surface area contributed by atoms with Crippen molar-refractivity contribution >= 4 is 9.04 Å². The molecule has 0 aromatic heterocycles. The molecule has 0 saturated carbocycles. The Morgan fingerprint density at radius 1 is 1.10 bits per heavy atom. The SMILES string of the molecule is CCCO[SiH](C)CCCOC1CC(C)(C)NC(C)(C)C1. The molecule has 1 aliphatic heterocycles. The van der Waals surface area contributed by atoms with Crippen molar-refractivity contribution in [1.29, 1.82) is 0 Å². The first-order valence-corrected chi connectivity index (χ1v) is 10.7. The lowest BCUT2D eigenvalue weighted by Crippen LogP contribution is -2.59. The van der Waals surface area contributed by atoms with Crippen molar-refractivity contribution < 1.29 is 9.16 Å². The highest BCUT2D eigenvalue weighted by Crippen LogP contribution is 2.30. The average molecular weight is 302 g/mol. The lowest BCUT2D eigenvalue weighted by molar-refractivity contribution is -0.0214. The summed E-state index contributed by atoms with van der Waals surface area (Å²) in [5.74, 6) is 0. The topological polar surface area (TPSA) is 30.5 Å². The predicted octanol–water partition coefficient (Wildman–Crippen LogP) is 3.48. The van der Waals surface area contributed by atoms with Gasteiger partial charge in [-0.05, 0) is 66.0 Å². The Morgan fingerprint density at radius 2 is 1.70 bits per heavy atom. The lowest BCUT2D eigenvalue weighted by atomic mass is 9.81. The molecule has 0 amide bonds. The maximum Gasteiger partial charge on any atom is 0.173 e. The van der Waals surface area contributed by atoms with Crippen molar-refractivity contribution in [3.05, 3.63) is 0 Å². The molecule has 20 heavy (non-hydrogen) atoms. The molecule has 3 nitrogen and oxygen atoms in total. The number of hydrogen-bond donors (Lipinski definition) is 1. The Bertz CT molecular complexity index is 266. The molecule has 1 aliphatic rings. The summed E-state index contributed by atoms with van der Waals surface area (Å²) in [6.45, 7) is 15.4. The second kappa shape index (κ2) is 7.92. The zero-order valence-corrected chi connectivity index (χ0v) is 15.6. The van der Waals surface area contributed by atoms with E-state index in [1.54, 1.807) is 0 Å². The van der Waals surface area contributed by atoms with Gasteiger partial charge in [0.15, 0.2) is 9.04 Å². The van der Waals surface area contributed by atoms with Gasteiger partial charge in [0.05, 0.1) is 6.10 Å².